The number of nitrogens with one attached hydrogen (secondary N) is 1. The molecule has 0 aliphatic rings. The summed E-state index contributed by atoms with van der Waals surface area (Å²) in [7, 11) is -3.17. The lowest BCUT2D eigenvalue weighted by atomic mass is 10.2. The average Bonchev–Trinajstić information content (AvgIpc) is 2.35. The summed E-state index contributed by atoms with van der Waals surface area (Å²) in [5, 5.41) is 3.29. The molecule has 0 saturated heterocycles. The van der Waals surface area contributed by atoms with E-state index in [1.165, 1.54) is 6.26 Å². The highest BCUT2D eigenvalue weighted by atomic mass is 35.5. The number of aromatic nitrogens is 2. The Hall–Kier alpha value is -1.86. The third-order valence-electron chi connectivity index (χ3n) is 2.54. The molecule has 0 saturated carbocycles. The summed E-state index contributed by atoms with van der Waals surface area (Å²) in [6.07, 6.45) is 1.17. The van der Waals surface area contributed by atoms with Crippen molar-refractivity contribution in [3.63, 3.8) is 0 Å². The molecular weight excluding hydrogens is 300 g/mol. The first kappa shape index (κ1) is 14.5. The van der Waals surface area contributed by atoms with Crippen LogP contribution in [0.5, 0.6) is 0 Å². The molecule has 0 spiro atoms. The highest BCUT2D eigenvalue weighted by molar-refractivity contribution is 7.90. The lowest BCUT2D eigenvalue weighted by molar-refractivity contribution is 0.602. The van der Waals surface area contributed by atoms with E-state index in [-0.39, 0.29) is 16.0 Å². The van der Waals surface area contributed by atoms with E-state index >= 15 is 0 Å². The predicted molar refractivity (Wildman–Crippen MR) is 78.3 cm³/mol. The van der Waals surface area contributed by atoms with Gasteiger partial charge in [-0.3, -0.25) is 0 Å². The highest BCUT2D eigenvalue weighted by Crippen LogP contribution is 2.15. The van der Waals surface area contributed by atoms with Crippen molar-refractivity contribution in [3.8, 4) is 0 Å². The average molecular weight is 313 g/mol. The van der Waals surface area contributed by atoms with Gasteiger partial charge in [-0.1, -0.05) is 23.7 Å². The summed E-state index contributed by atoms with van der Waals surface area (Å²) in [5.74, 6) is 0.599. The predicted octanol–water partition coefficient (Wildman–Crippen LogP) is 1.73. The quantitative estimate of drug-likeness (QED) is 0.834. The van der Waals surface area contributed by atoms with Crippen LogP contribution in [0.25, 0.3) is 0 Å². The van der Waals surface area contributed by atoms with Gasteiger partial charge < -0.3 is 11.1 Å². The third kappa shape index (κ3) is 3.82. The molecule has 0 aliphatic carbocycles. The molecule has 0 atom stereocenters. The molecule has 0 amide bonds. The molecule has 3 N–H and O–H groups in total. The van der Waals surface area contributed by atoms with Gasteiger partial charge in [0, 0.05) is 18.9 Å². The van der Waals surface area contributed by atoms with Crippen LogP contribution in [0, 0.1) is 0 Å². The maximum Gasteiger partial charge on any atom is 0.223 e. The molecule has 1 aromatic heterocycles. The Bertz CT molecular complexity index is 696. The molecule has 0 unspecified atom stereocenters. The zero-order valence-corrected chi connectivity index (χ0v) is 12.2. The summed E-state index contributed by atoms with van der Waals surface area (Å²) in [6.45, 7) is 0.469. The molecule has 106 valence electrons. The third-order valence-corrected chi connectivity index (χ3v) is 3.86. The van der Waals surface area contributed by atoms with Gasteiger partial charge in [0.05, 0.1) is 4.90 Å². The monoisotopic (exact) mass is 312 g/mol. The van der Waals surface area contributed by atoms with Crippen molar-refractivity contribution < 1.29 is 8.42 Å². The number of benzene rings is 1. The lowest BCUT2D eigenvalue weighted by Crippen LogP contribution is -2.05. The number of nitrogens with zero attached hydrogens (tertiary/aromatic N) is 2. The Kier molecular flexibility index (Phi) is 4.10. The Morgan fingerprint density at radius 3 is 2.45 bits per heavy atom. The summed E-state index contributed by atoms with van der Waals surface area (Å²) in [5.41, 5.74) is 6.39. The minimum atomic E-state index is -3.17. The molecule has 20 heavy (non-hydrogen) atoms. The topological polar surface area (TPSA) is 98.0 Å². The Morgan fingerprint density at radius 2 is 1.90 bits per heavy atom. The summed E-state index contributed by atoms with van der Waals surface area (Å²) >= 11 is 5.77. The SMILES string of the molecule is CS(=O)(=O)c1ccc(CNc2cc(Cl)nc(N)n2)cc1. The van der Waals surface area contributed by atoms with E-state index in [2.05, 4.69) is 15.3 Å². The molecule has 1 aromatic carbocycles. The first-order chi connectivity index (χ1) is 9.34. The van der Waals surface area contributed by atoms with E-state index in [9.17, 15) is 8.42 Å². The lowest BCUT2D eigenvalue weighted by Gasteiger charge is -2.07. The molecule has 2 aromatic rings. The molecule has 0 fully saturated rings. The fourth-order valence-electron chi connectivity index (χ4n) is 1.57. The van der Waals surface area contributed by atoms with Gasteiger partial charge in [0.2, 0.25) is 5.95 Å². The molecule has 0 radical (unpaired) electrons. The van der Waals surface area contributed by atoms with Gasteiger partial charge in [-0.25, -0.2) is 13.4 Å². The van der Waals surface area contributed by atoms with Gasteiger partial charge in [0.25, 0.3) is 0 Å². The van der Waals surface area contributed by atoms with Gasteiger partial charge in [0.1, 0.15) is 11.0 Å². The van der Waals surface area contributed by atoms with Crippen molar-refractivity contribution in [1.29, 1.82) is 0 Å². The van der Waals surface area contributed by atoms with Crippen molar-refractivity contribution in [2.24, 2.45) is 0 Å². The van der Waals surface area contributed by atoms with E-state index in [0.29, 0.717) is 12.4 Å². The fourth-order valence-corrected chi connectivity index (χ4v) is 2.39. The van der Waals surface area contributed by atoms with Crippen LogP contribution in [0.2, 0.25) is 5.15 Å². The molecule has 1 heterocycles. The van der Waals surface area contributed by atoms with Crippen LogP contribution in [-0.2, 0) is 16.4 Å². The molecular formula is C12H13ClN4O2S. The second-order valence-electron chi connectivity index (χ2n) is 4.20. The smallest absolute Gasteiger partial charge is 0.223 e. The van der Waals surface area contributed by atoms with Crippen molar-refractivity contribution >= 4 is 33.2 Å². The largest absolute Gasteiger partial charge is 0.368 e. The summed E-state index contributed by atoms with van der Waals surface area (Å²) in [4.78, 5) is 8.02. The summed E-state index contributed by atoms with van der Waals surface area (Å²) in [6, 6.07) is 8.15. The highest BCUT2D eigenvalue weighted by Gasteiger charge is 2.06. The van der Waals surface area contributed by atoms with Crippen molar-refractivity contribution in [1.82, 2.24) is 9.97 Å². The van der Waals surface area contributed by atoms with E-state index in [4.69, 9.17) is 17.3 Å². The zero-order chi connectivity index (χ0) is 14.8. The fraction of sp³-hybridized carbons (Fsp3) is 0.167. The van der Waals surface area contributed by atoms with Crippen molar-refractivity contribution in [2.45, 2.75) is 11.4 Å². The Labute approximate surface area is 121 Å². The van der Waals surface area contributed by atoms with Crippen LogP contribution in [0.15, 0.2) is 35.2 Å². The van der Waals surface area contributed by atoms with Crippen molar-refractivity contribution in [2.75, 3.05) is 17.3 Å². The number of anilines is 2. The van der Waals surface area contributed by atoms with Gasteiger partial charge in [0.15, 0.2) is 9.84 Å². The molecule has 8 heteroatoms. The van der Waals surface area contributed by atoms with Gasteiger partial charge in [-0.05, 0) is 17.7 Å². The first-order valence-corrected chi connectivity index (χ1v) is 7.94. The maximum absolute atomic E-state index is 11.3. The van der Waals surface area contributed by atoms with Crippen LogP contribution in [0.4, 0.5) is 11.8 Å². The van der Waals surface area contributed by atoms with Gasteiger partial charge in [-0.15, -0.1) is 0 Å². The van der Waals surface area contributed by atoms with Crippen LogP contribution < -0.4 is 11.1 Å². The van der Waals surface area contributed by atoms with E-state index in [0.717, 1.165) is 5.56 Å². The molecule has 6 nitrogen and oxygen atoms in total. The number of hydrogen-bond donors (Lipinski definition) is 2. The second kappa shape index (κ2) is 5.64. The molecule has 2 rings (SSSR count). The number of sulfone groups is 1. The first-order valence-electron chi connectivity index (χ1n) is 5.67. The number of halogens is 1. The number of rotatable bonds is 4. The number of nitrogen functional groups attached to an aromatic ring is 1. The van der Waals surface area contributed by atoms with Crippen LogP contribution in [0.1, 0.15) is 5.56 Å². The second-order valence-corrected chi connectivity index (χ2v) is 6.61. The number of hydrogen-bond acceptors (Lipinski definition) is 6. The van der Waals surface area contributed by atoms with Crippen LogP contribution in [-0.4, -0.2) is 24.6 Å². The van der Waals surface area contributed by atoms with E-state index < -0.39 is 9.84 Å². The minimum absolute atomic E-state index is 0.0902. The van der Waals surface area contributed by atoms with E-state index in [1.54, 1.807) is 30.3 Å². The van der Waals surface area contributed by atoms with Crippen molar-refractivity contribution in [3.05, 3.63) is 41.0 Å². The normalized spacial score (nSPS) is 11.3. The Balaban J connectivity index is 2.07. The minimum Gasteiger partial charge on any atom is -0.368 e. The van der Waals surface area contributed by atoms with Gasteiger partial charge >= 0.3 is 0 Å². The number of nitrogens with two attached hydrogens (primary N) is 1. The van der Waals surface area contributed by atoms with Crippen LogP contribution >= 0.6 is 11.6 Å². The summed E-state index contributed by atoms with van der Waals surface area (Å²) < 4.78 is 22.7. The van der Waals surface area contributed by atoms with Gasteiger partial charge in [-0.2, -0.15) is 4.98 Å². The van der Waals surface area contributed by atoms with Crippen LogP contribution in [0.3, 0.4) is 0 Å². The standard InChI is InChI=1S/C12H13ClN4O2S/c1-20(18,19)9-4-2-8(3-5-9)7-15-11-6-10(13)16-12(14)17-11/h2-6H,7H2,1H3,(H3,14,15,16,17). The maximum atomic E-state index is 11.3. The van der Waals surface area contributed by atoms with E-state index in [1.807, 2.05) is 0 Å². The zero-order valence-electron chi connectivity index (χ0n) is 10.7. The molecule has 0 bridgehead atoms. The molecule has 0 aliphatic heterocycles. The Morgan fingerprint density at radius 1 is 1.25 bits per heavy atom.